The number of aromatic carboxylic acids is 1. The van der Waals surface area contributed by atoms with Gasteiger partial charge in [0.15, 0.2) is 5.78 Å². The van der Waals surface area contributed by atoms with E-state index in [1.54, 1.807) is 0 Å². The molecule has 14 heteroatoms. The zero-order valence-electron chi connectivity index (χ0n) is 19.4. The number of cyclic esters (lactones) is 2. The van der Waals surface area contributed by atoms with E-state index < -0.39 is 87.0 Å². The summed E-state index contributed by atoms with van der Waals surface area (Å²) in [6, 6.07) is 2.69. The molecule has 1 aliphatic heterocycles. The van der Waals surface area contributed by atoms with Crippen molar-refractivity contribution in [2.75, 3.05) is 0 Å². The number of carbonyl (C=O) groups is 4. The van der Waals surface area contributed by atoms with Crippen LogP contribution >= 0.6 is 0 Å². The number of Topliss-reactive ketones (excluding diaryl/α,β-unsaturated/α-hetero) is 1. The van der Waals surface area contributed by atoms with Crippen molar-refractivity contribution in [1.82, 2.24) is 0 Å². The summed E-state index contributed by atoms with van der Waals surface area (Å²) in [5.41, 5.74) is -6.41. The van der Waals surface area contributed by atoms with Crippen LogP contribution in [0.4, 0.5) is 26.3 Å². The van der Waals surface area contributed by atoms with Gasteiger partial charge >= 0.3 is 30.3 Å². The first-order valence-electron chi connectivity index (χ1n) is 10.8. The van der Waals surface area contributed by atoms with Gasteiger partial charge in [-0.3, -0.25) is 4.79 Å². The van der Waals surface area contributed by atoms with Crippen LogP contribution in [0.15, 0.2) is 48.3 Å². The van der Waals surface area contributed by atoms with Gasteiger partial charge in [-0.05, 0) is 49.4 Å². The fourth-order valence-corrected chi connectivity index (χ4v) is 3.98. The van der Waals surface area contributed by atoms with Crippen LogP contribution in [0.25, 0.3) is 0 Å². The summed E-state index contributed by atoms with van der Waals surface area (Å²) < 4.78 is 96.1. The van der Waals surface area contributed by atoms with Crippen LogP contribution < -0.4 is 9.47 Å². The van der Waals surface area contributed by atoms with Crippen LogP contribution in [0.1, 0.15) is 65.9 Å². The minimum absolute atomic E-state index is 0.0188. The molecule has 0 bridgehead atoms. The van der Waals surface area contributed by atoms with Gasteiger partial charge in [0, 0.05) is 12.0 Å². The maximum Gasteiger partial charge on any atom is 0.417 e. The first kappa shape index (κ1) is 27.4. The molecule has 204 valence electrons. The molecule has 2 aromatic carbocycles. The van der Waals surface area contributed by atoms with Gasteiger partial charge in [-0.15, -0.1) is 0 Å². The zero-order valence-corrected chi connectivity index (χ0v) is 19.4. The standard InChI is InChI=1S/C25H14F6O8/c1-10(32)19-15(21(33)34)6-13(8-17(19)24(26,27)28)37-11-2-4-12(5-3-11)38-14-7-16-20(23(36)39-22(16)35)18(9-14)25(29,30)31/h2,4-9,11H,3H2,1H3,(H,33,34). The van der Waals surface area contributed by atoms with Crippen molar-refractivity contribution in [3.05, 3.63) is 81.6 Å². The number of carboxylic acid groups (broad SMARTS) is 1. The Labute approximate surface area is 214 Å². The Morgan fingerprint density at radius 3 is 2.13 bits per heavy atom. The number of hydrogen-bond acceptors (Lipinski definition) is 7. The fraction of sp³-hybridized carbons (Fsp3) is 0.200. The average molecular weight is 556 g/mol. The molecule has 39 heavy (non-hydrogen) atoms. The van der Waals surface area contributed by atoms with E-state index in [-0.39, 0.29) is 12.2 Å². The van der Waals surface area contributed by atoms with Crippen molar-refractivity contribution in [3.8, 4) is 11.5 Å². The number of halogens is 6. The Balaban J connectivity index is 1.56. The molecule has 2 aliphatic rings. The second-order valence-corrected chi connectivity index (χ2v) is 8.28. The zero-order chi connectivity index (χ0) is 28.9. The van der Waals surface area contributed by atoms with Gasteiger partial charge in [0.25, 0.3) is 0 Å². The number of carbonyl (C=O) groups excluding carboxylic acids is 3. The van der Waals surface area contributed by atoms with Gasteiger partial charge in [0.1, 0.15) is 23.4 Å². The van der Waals surface area contributed by atoms with E-state index in [0.717, 1.165) is 19.1 Å². The molecule has 4 rings (SSSR count). The lowest BCUT2D eigenvalue weighted by Crippen LogP contribution is -2.20. The number of allylic oxidation sites excluding steroid dienone is 1. The molecule has 0 radical (unpaired) electrons. The minimum Gasteiger partial charge on any atom is -0.486 e. The van der Waals surface area contributed by atoms with Crippen molar-refractivity contribution in [3.63, 3.8) is 0 Å². The topological polar surface area (TPSA) is 116 Å². The summed E-state index contributed by atoms with van der Waals surface area (Å²) in [4.78, 5) is 46.8. The number of carboxylic acids is 1. The van der Waals surface area contributed by atoms with Crippen LogP contribution in [0.3, 0.4) is 0 Å². The molecule has 1 N–H and O–H groups in total. The van der Waals surface area contributed by atoms with Gasteiger partial charge in [0.05, 0.1) is 27.8 Å². The van der Waals surface area contributed by atoms with Gasteiger partial charge in [-0.1, -0.05) is 0 Å². The highest BCUT2D eigenvalue weighted by molar-refractivity contribution is 6.15. The molecule has 1 unspecified atom stereocenters. The first-order chi connectivity index (χ1) is 18.1. The summed E-state index contributed by atoms with van der Waals surface area (Å²) in [7, 11) is 0. The molecule has 1 atom stereocenters. The number of ether oxygens (including phenoxy) is 3. The van der Waals surface area contributed by atoms with Crippen molar-refractivity contribution in [2.24, 2.45) is 0 Å². The maximum atomic E-state index is 13.5. The summed E-state index contributed by atoms with van der Waals surface area (Å²) in [5.74, 6) is -6.55. The molecule has 8 nitrogen and oxygen atoms in total. The summed E-state index contributed by atoms with van der Waals surface area (Å²) in [5, 5.41) is 9.34. The Hall–Kier alpha value is -4.62. The number of ketones is 1. The number of alkyl halides is 6. The Morgan fingerprint density at radius 1 is 0.949 bits per heavy atom. The van der Waals surface area contributed by atoms with Crippen molar-refractivity contribution < 1.29 is 64.8 Å². The van der Waals surface area contributed by atoms with Gasteiger partial charge < -0.3 is 19.3 Å². The normalized spacial score (nSPS) is 16.9. The SMILES string of the molecule is CC(=O)c1c(C(=O)O)cc(OC2C=CC(Oc3cc4c(c(C(F)(F)F)c3)C(=O)OC4=O)=CC2)cc1C(F)(F)F. The van der Waals surface area contributed by atoms with Crippen molar-refractivity contribution >= 4 is 23.7 Å². The summed E-state index contributed by atoms with van der Waals surface area (Å²) >= 11 is 0. The Bertz CT molecular complexity index is 1480. The molecular formula is C25H14F6O8. The molecule has 1 aliphatic carbocycles. The first-order valence-corrected chi connectivity index (χ1v) is 10.8. The third kappa shape index (κ3) is 5.49. The van der Waals surface area contributed by atoms with E-state index >= 15 is 0 Å². The van der Waals surface area contributed by atoms with E-state index in [4.69, 9.17) is 9.47 Å². The van der Waals surface area contributed by atoms with Crippen LogP contribution in [0, 0.1) is 0 Å². The van der Waals surface area contributed by atoms with Crippen LogP contribution in [-0.4, -0.2) is 34.9 Å². The van der Waals surface area contributed by atoms with E-state index in [0.29, 0.717) is 12.1 Å². The molecule has 0 saturated heterocycles. The molecule has 2 aromatic rings. The highest BCUT2D eigenvalue weighted by Crippen LogP contribution is 2.40. The molecule has 0 amide bonds. The van der Waals surface area contributed by atoms with Crippen molar-refractivity contribution in [2.45, 2.75) is 31.8 Å². The predicted molar refractivity (Wildman–Crippen MR) is 116 cm³/mol. The number of rotatable bonds is 6. The fourth-order valence-electron chi connectivity index (χ4n) is 3.98. The third-order valence-corrected chi connectivity index (χ3v) is 5.58. The van der Waals surface area contributed by atoms with Gasteiger partial charge in [-0.25, -0.2) is 14.4 Å². The number of esters is 2. The highest BCUT2D eigenvalue weighted by atomic mass is 19.4. The van der Waals surface area contributed by atoms with E-state index in [9.17, 15) is 50.6 Å². The Kier molecular flexibility index (Phi) is 6.75. The monoisotopic (exact) mass is 556 g/mol. The van der Waals surface area contributed by atoms with E-state index in [2.05, 4.69) is 4.74 Å². The van der Waals surface area contributed by atoms with Crippen LogP contribution in [0.2, 0.25) is 0 Å². The predicted octanol–water partition coefficient (Wildman–Crippen LogP) is 5.61. The van der Waals surface area contributed by atoms with Gasteiger partial charge in [0.2, 0.25) is 0 Å². The lowest BCUT2D eigenvalue weighted by Gasteiger charge is -2.21. The molecular weight excluding hydrogens is 542 g/mol. The smallest absolute Gasteiger partial charge is 0.417 e. The maximum absolute atomic E-state index is 13.5. The average Bonchev–Trinajstić information content (AvgIpc) is 3.11. The summed E-state index contributed by atoms with van der Waals surface area (Å²) in [6.07, 6.45) is -7.24. The number of hydrogen-bond donors (Lipinski definition) is 1. The van der Waals surface area contributed by atoms with Gasteiger partial charge in [-0.2, -0.15) is 26.3 Å². The largest absolute Gasteiger partial charge is 0.486 e. The molecule has 0 saturated carbocycles. The molecule has 1 heterocycles. The van der Waals surface area contributed by atoms with Crippen molar-refractivity contribution in [1.29, 1.82) is 0 Å². The second-order valence-electron chi connectivity index (χ2n) is 8.28. The number of fused-ring (bicyclic) bond motifs is 1. The van der Waals surface area contributed by atoms with E-state index in [1.165, 1.54) is 18.2 Å². The van der Waals surface area contributed by atoms with Crippen LogP contribution in [0.5, 0.6) is 11.5 Å². The quantitative estimate of drug-likeness (QED) is 0.211. The number of benzene rings is 2. The summed E-state index contributed by atoms with van der Waals surface area (Å²) in [6.45, 7) is 0.799. The molecule has 0 fully saturated rings. The minimum atomic E-state index is -5.06. The third-order valence-electron chi connectivity index (χ3n) is 5.58. The molecule has 0 aromatic heterocycles. The Morgan fingerprint density at radius 2 is 1.59 bits per heavy atom. The highest BCUT2D eigenvalue weighted by Gasteiger charge is 2.43. The lowest BCUT2D eigenvalue weighted by molar-refractivity contribution is -0.138. The van der Waals surface area contributed by atoms with E-state index in [1.807, 2.05) is 0 Å². The van der Waals surface area contributed by atoms with Crippen LogP contribution in [-0.2, 0) is 17.1 Å². The lowest BCUT2D eigenvalue weighted by atomic mass is 9.96. The second kappa shape index (κ2) is 9.60. The molecule has 0 spiro atoms.